The van der Waals surface area contributed by atoms with Gasteiger partial charge in [-0.3, -0.25) is 0 Å². The lowest BCUT2D eigenvalue weighted by Crippen LogP contribution is -2.18. The van der Waals surface area contributed by atoms with Crippen molar-refractivity contribution in [2.75, 3.05) is 0 Å². The molecular weight excluding hydrogens is 132 g/mol. The van der Waals surface area contributed by atoms with Crippen LogP contribution < -0.4 is 0 Å². The molecule has 0 N–H and O–H groups in total. The maximum atomic E-state index is 2.39. The molecule has 0 aromatic carbocycles. The fraction of sp³-hybridized carbons (Fsp3) is 1.00. The summed E-state index contributed by atoms with van der Waals surface area (Å²) in [6.45, 7) is 11.2. The van der Waals surface area contributed by atoms with Crippen molar-refractivity contribution in [1.82, 2.24) is 0 Å². The lowest BCUT2D eigenvalue weighted by molar-refractivity contribution is 0.220. The molecule has 0 spiro atoms. The van der Waals surface area contributed by atoms with E-state index in [-0.39, 0.29) is 0 Å². The molecule has 0 heterocycles. The Kier molecular flexibility index (Phi) is 5.62. The fourth-order valence-electron chi connectivity index (χ4n) is 1.82. The second-order valence-corrected chi connectivity index (χ2v) is 3.87. The van der Waals surface area contributed by atoms with Crippen LogP contribution in [0.15, 0.2) is 0 Å². The van der Waals surface area contributed by atoms with Crippen molar-refractivity contribution in [3.8, 4) is 0 Å². The first-order valence-electron chi connectivity index (χ1n) is 5.20. The third-order valence-electron chi connectivity index (χ3n) is 2.86. The first-order valence-corrected chi connectivity index (χ1v) is 5.20. The van der Waals surface area contributed by atoms with Crippen molar-refractivity contribution < 1.29 is 0 Å². The topological polar surface area (TPSA) is 0 Å². The Balaban J connectivity index is 0.000000461. The van der Waals surface area contributed by atoms with Crippen molar-refractivity contribution in [2.45, 2.75) is 53.9 Å². The summed E-state index contributed by atoms with van der Waals surface area (Å²) in [5.74, 6) is 2.96. The molecule has 3 atom stereocenters. The van der Waals surface area contributed by atoms with Gasteiger partial charge in [-0.05, 0) is 24.2 Å². The second-order valence-electron chi connectivity index (χ2n) is 3.87. The largest absolute Gasteiger partial charge is 0.0683 e. The molecule has 1 rings (SSSR count). The summed E-state index contributed by atoms with van der Waals surface area (Å²) < 4.78 is 0. The lowest BCUT2D eigenvalue weighted by atomic mass is 9.77. The first-order chi connectivity index (χ1) is 5.20. The van der Waals surface area contributed by atoms with Gasteiger partial charge in [-0.25, -0.2) is 0 Å². The van der Waals surface area contributed by atoms with Crippen molar-refractivity contribution in [3.05, 3.63) is 0 Å². The van der Waals surface area contributed by atoms with Crippen LogP contribution in [0, 0.1) is 17.8 Å². The van der Waals surface area contributed by atoms with Crippen LogP contribution in [0.25, 0.3) is 0 Å². The van der Waals surface area contributed by atoms with E-state index in [1.807, 2.05) is 13.8 Å². The molecule has 0 nitrogen and oxygen atoms in total. The third kappa shape index (κ3) is 3.79. The molecule has 2 unspecified atom stereocenters. The molecule has 0 aliphatic heterocycles. The number of rotatable bonds is 0. The average molecular weight is 156 g/mol. The van der Waals surface area contributed by atoms with E-state index in [0.717, 1.165) is 17.8 Å². The highest BCUT2D eigenvalue weighted by atomic mass is 14.3. The van der Waals surface area contributed by atoms with E-state index in [4.69, 9.17) is 0 Å². The predicted octanol–water partition coefficient (Wildman–Crippen LogP) is 4.10. The second kappa shape index (κ2) is 5.62. The van der Waals surface area contributed by atoms with E-state index in [2.05, 4.69) is 20.8 Å². The van der Waals surface area contributed by atoms with Crippen LogP contribution in [-0.4, -0.2) is 0 Å². The van der Waals surface area contributed by atoms with Crippen LogP contribution >= 0.6 is 0 Å². The van der Waals surface area contributed by atoms with Crippen LogP contribution in [0.4, 0.5) is 0 Å². The van der Waals surface area contributed by atoms with Crippen molar-refractivity contribution in [3.63, 3.8) is 0 Å². The molecule has 0 saturated heterocycles. The molecule has 0 radical (unpaired) electrons. The molecular formula is C11H24. The molecule has 1 saturated carbocycles. The number of hydrogen-bond acceptors (Lipinski definition) is 0. The normalized spacial score (nSPS) is 37.4. The van der Waals surface area contributed by atoms with Gasteiger partial charge in [0.1, 0.15) is 0 Å². The van der Waals surface area contributed by atoms with E-state index in [1.54, 1.807) is 0 Å². The molecule has 0 aromatic rings. The first kappa shape index (κ1) is 11.0. The van der Waals surface area contributed by atoms with Crippen LogP contribution in [0.3, 0.4) is 0 Å². The predicted molar refractivity (Wildman–Crippen MR) is 52.7 cm³/mol. The van der Waals surface area contributed by atoms with Gasteiger partial charge in [0.05, 0.1) is 0 Å². The van der Waals surface area contributed by atoms with Gasteiger partial charge in [0.2, 0.25) is 0 Å². The Bertz CT molecular complexity index is 86.0. The van der Waals surface area contributed by atoms with Gasteiger partial charge in [-0.2, -0.15) is 0 Å². The van der Waals surface area contributed by atoms with Crippen molar-refractivity contribution in [1.29, 1.82) is 0 Å². The molecule has 0 amide bonds. The van der Waals surface area contributed by atoms with Gasteiger partial charge in [0, 0.05) is 0 Å². The van der Waals surface area contributed by atoms with Crippen LogP contribution in [-0.2, 0) is 0 Å². The smallest absolute Gasteiger partial charge is 0.0414 e. The van der Waals surface area contributed by atoms with Crippen molar-refractivity contribution >= 4 is 0 Å². The average Bonchev–Trinajstić information content (AvgIpc) is 2.02. The van der Waals surface area contributed by atoms with Crippen LogP contribution in [0.2, 0.25) is 0 Å². The van der Waals surface area contributed by atoms with Gasteiger partial charge >= 0.3 is 0 Å². The van der Waals surface area contributed by atoms with Gasteiger partial charge in [0.25, 0.3) is 0 Å². The SMILES string of the molecule is CC.CC1CCC(C)[C@H](C)C1. The highest BCUT2D eigenvalue weighted by molar-refractivity contribution is 4.72. The minimum atomic E-state index is 0.980. The van der Waals surface area contributed by atoms with E-state index in [0.29, 0.717) is 0 Å². The van der Waals surface area contributed by atoms with Gasteiger partial charge < -0.3 is 0 Å². The Morgan fingerprint density at radius 2 is 1.36 bits per heavy atom. The summed E-state index contributed by atoms with van der Waals surface area (Å²) in [4.78, 5) is 0. The minimum Gasteiger partial charge on any atom is -0.0683 e. The van der Waals surface area contributed by atoms with E-state index in [1.165, 1.54) is 19.3 Å². The highest BCUT2D eigenvalue weighted by Gasteiger charge is 2.20. The van der Waals surface area contributed by atoms with Gasteiger partial charge in [-0.1, -0.05) is 47.5 Å². The Hall–Kier alpha value is 0. The zero-order valence-corrected chi connectivity index (χ0v) is 8.85. The summed E-state index contributed by atoms with van der Waals surface area (Å²) >= 11 is 0. The standard InChI is InChI=1S/C9H18.C2H6/c1-7-4-5-8(2)9(3)6-7;1-2/h7-9H,4-6H2,1-3H3;1-2H3/t7?,8?,9-;/m1./s1. The molecule has 1 fully saturated rings. The fourth-order valence-corrected chi connectivity index (χ4v) is 1.82. The molecule has 68 valence electrons. The molecule has 1 aliphatic rings. The molecule has 1 aliphatic carbocycles. The van der Waals surface area contributed by atoms with Crippen molar-refractivity contribution in [2.24, 2.45) is 17.8 Å². The lowest BCUT2D eigenvalue weighted by Gasteiger charge is -2.29. The Labute approximate surface area is 72.4 Å². The Morgan fingerprint density at radius 3 is 1.73 bits per heavy atom. The Morgan fingerprint density at radius 1 is 0.818 bits per heavy atom. The number of hydrogen-bond donors (Lipinski definition) is 0. The summed E-state index contributed by atoms with van der Waals surface area (Å²) in [6, 6.07) is 0. The van der Waals surface area contributed by atoms with E-state index < -0.39 is 0 Å². The summed E-state index contributed by atoms with van der Waals surface area (Å²) in [7, 11) is 0. The minimum absolute atomic E-state index is 0.980. The summed E-state index contributed by atoms with van der Waals surface area (Å²) in [6.07, 6.45) is 4.38. The molecule has 0 heteroatoms. The molecule has 11 heavy (non-hydrogen) atoms. The van der Waals surface area contributed by atoms with Crippen LogP contribution in [0.5, 0.6) is 0 Å². The monoisotopic (exact) mass is 156 g/mol. The maximum absolute atomic E-state index is 2.39. The molecule has 0 aromatic heterocycles. The quantitative estimate of drug-likeness (QED) is 0.495. The molecule has 0 bridgehead atoms. The van der Waals surface area contributed by atoms with E-state index in [9.17, 15) is 0 Å². The summed E-state index contributed by atoms with van der Waals surface area (Å²) in [5, 5.41) is 0. The zero-order chi connectivity index (χ0) is 8.85. The zero-order valence-electron chi connectivity index (χ0n) is 8.85. The van der Waals surface area contributed by atoms with E-state index >= 15 is 0 Å². The third-order valence-corrected chi connectivity index (χ3v) is 2.86. The van der Waals surface area contributed by atoms with Crippen LogP contribution in [0.1, 0.15) is 53.9 Å². The van der Waals surface area contributed by atoms with Gasteiger partial charge in [0.15, 0.2) is 0 Å². The maximum Gasteiger partial charge on any atom is -0.0414 e. The highest BCUT2D eigenvalue weighted by Crippen LogP contribution is 2.32. The van der Waals surface area contributed by atoms with Gasteiger partial charge in [-0.15, -0.1) is 0 Å². The summed E-state index contributed by atoms with van der Waals surface area (Å²) in [5.41, 5.74) is 0.